The fourth-order valence-electron chi connectivity index (χ4n) is 3.54. The van der Waals surface area contributed by atoms with Crippen LogP contribution in [0.1, 0.15) is 33.1 Å². The third-order valence-electron chi connectivity index (χ3n) is 5.15. The molecule has 1 fully saturated rings. The van der Waals surface area contributed by atoms with Gasteiger partial charge in [-0.1, -0.05) is 65.7 Å². The first-order chi connectivity index (χ1) is 13.5. The maximum atomic E-state index is 13.0. The second-order valence-electron chi connectivity index (χ2n) is 7.22. The van der Waals surface area contributed by atoms with Gasteiger partial charge in [-0.15, -0.1) is 0 Å². The van der Waals surface area contributed by atoms with Crippen molar-refractivity contribution in [2.24, 2.45) is 0 Å². The molecule has 4 rings (SSSR count). The highest BCUT2D eigenvalue weighted by molar-refractivity contribution is 6.09. The number of nitrogens with one attached hydrogen (secondary N) is 1. The smallest absolute Gasteiger partial charge is 0.252 e. The number of rotatable bonds is 4. The SMILES string of the molecule is Cc1ccc(C2C(NC(=O)c3ccccc3)C(=O)N2c2ccc(C)cc2)cc1. The molecule has 0 radical (unpaired) electrons. The zero-order chi connectivity index (χ0) is 19.7. The van der Waals surface area contributed by atoms with Gasteiger partial charge in [-0.25, -0.2) is 0 Å². The molecule has 28 heavy (non-hydrogen) atoms. The normalized spacial score (nSPS) is 18.5. The molecule has 0 bridgehead atoms. The molecule has 2 amide bonds. The summed E-state index contributed by atoms with van der Waals surface area (Å²) in [6, 6.07) is 24.1. The van der Waals surface area contributed by atoms with Gasteiger partial charge in [0.2, 0.25) is 0 Å². The van der Waals surface area contributed by atoms with Gasteiger partial charge in [0.15, 0.2) is 0 Å². The number of aryl methyl sites for hydroxylation is 2. The molecule has 1 saturated heterocycles. The summed E-state index contributed by atoms with van der Waals surface area (Å²) in [6.45, 7) is 4.05. The van der Waals surface area contributed by atoms with Crippen LogP contribution in [0, 0.1) is 13.8 Å². The van der Waals surface area contributed by atoms with E-state index in [9.17, 15) is 9.59 Å². The monoisotopic (exact) mass is 370 g/mol. The Morgan fingerprint density at radius 3 is 2.00 bits per heavy atom. The van der Waals surface area contributed by atoms with Crippen LogP contribution < -0.4 is 10.2 Å². The molecule has 0 saturated carbocycles. The lowest BCUT2D eigenvalue weighted by Gasteiger charge is -2.47. The molecule has 3 aromatic carbocycles. The summed E-state index contributed by atoms with van der Waals surface area (Å²) in [5.41, 5.74) is 4.68. The first-order valence-electron chi connectivity index (χ1n) is 9.37. The van der Waals surface area contributed by atoms with Crippen LogP contribution in [0.3, 0.4) is 0 Å². The van der Waals surface area contributed by atoms with Crippen molar-refractivity contribution in [1.82, 2.24) is 5.32 Å². The van der Waals surface area contributed by atoms with Crippen molar-refractivity contribution >= 4 is 17.5 Å². The van der Waals surface area contributed by atoms with E-state index < -0.39 is 6.04 Å². The molecule has 0 spiro atoms. The van der Waals surface area contributed by atoms with Crippen molar-refractivity contribution in [1.29, 1.82) is 0 Å². The van der Waals surface area contributed by atoms with Crippen molar-refractivity contribution in [3.05, 3.63) is 101 Å². The Bertz CT molecular complexity index is 995. The Morgan fingerprint density at radius 2 is 1.39 bits per heavy atom. The van der Waals surface area contributed by atoms with Crippen LogP contribution in [0.2, 0.25) is 0 Å². The molecular weight excluding hydrogens is 348 g/mol. The summed E-state index contributed by atoms with van der Waals surface area (Å²) >= 11 is 0. The van der Waals surface area contributed by atoms with Gasteiger partial charge in [0.25, 0.3) is 11.8 Å². The topological polar surface area (TPSA) is 49.4 Å². The number of β-lactam (4-membered cyclic amide) rings is 1. The molecule has 0 aromatic heterocycles. The van der Waals surface area contributed by atoms with Gasteiger partial charge < -0.3 is 10.2 Å². The highest BCUT2D eigenvalue weighted by atomic mass is 16.2. The van der Waals surface area contributed by atoms with Crippen LogP contribution in [0.15, 0.2) is 78.9 Å². The Labute approximate surface area is 164 Å². The average Bonchev–Trinajstić information content (AvgIpc) is 2.72. The first kappa shape index (κ1) is 18.0. The van der Waals surface area contributed by atoms with Crippen molar-refractivity contribution in [3.63, 3.8) is 0 Å². The molecule has 4 nitrogen and oxygen atoms in total. The Morgan fingerprint density at radius 1 is 0.821 bits per heavy atom. The van der Waals surface area contributed by atoms with Crippen LogP contribution in [-0.2, 0) is 4.79 Å². The van der Waals surface area contributed by atoms with E-state index in [1.54, 1.807) is 17.0 Å². The molecule has 0 aliphatic carbocycles. The van der Waals surface area contributed by atoms with Crippen LogP contribution in [0.4, 0.5) is 5.69 Å². The fraction of sp³-hybridized carbons (Fsp3) is 0.167. The average molecular weight is 370 g/mol. The third-order valence-corrected chi connectivity index (χ3v) is 5.15. The molecule has 2 atom stereocenters. The first-order valence-corrected chi connectivity index (χ1v) is 9.37. The maximum Gasteiger partial charge on any atom is 0.252 e. The Hall–Kier alpha value is -3.40. The number of hydrogen-bond donors (Lipinski definition) is 1. The molecule has 2 unspecified atom stereocenters. The minimum atomic E-state index is -0.586. The lowest BCUT2D eigenvalue weighted by Crippen LogP contribution is -2.66. The quantitative estimate of drug-likeness (QED) is 0.700. The van der Waals surface area contributed by atoms with Gasteiger partial charge in [0, 0.05) is 11.3 Å². The lowest BCUT2D eigenvalue weighted by atomic mass is 9.87. The predicted molar refractivity (Wildman–Crippen MR) is 110 cm³/mol. The Balaban J connectivity index is 1.65. The van der Waals surface area contributed by atoms with E-state index in [4.69, 9.17) is 0 Å². The Kier molecular flexibility index (Phi) is 4.70. The number of anilines is 1. The van der Waals surface area contributed by atoms with Gasteiger partial charge in [0.1, 0.15) is 6.04 Å². The highest BCUT2D eigenvalue weighted by Gasteiger charge is 2.49. The number of carbonyl (C=O) groups is 2. The van der Waals surface area contributed by atoms with Gasteiger partial charge in [-0.3, -0.25) is 9.59 Å². The summed E-state index contributed by atoms with van der Waals surface area (Å²) in [5.74, 6) is -0.335. The summed E-state index contributed by atoms with van der Waals surface area (Å²) in [4.78, 5) is 27.4. The highest BCUT2D eigenvalue weighted by Crippen LogP contribution is 2.39. The minimum Gasteiger partial charge on any atom is -0.338 e. The molecular formula is C24H22N2O2. The third kappa shape index (κ3) is 3.29. The van der Waals surface area contributed by atoms with Crippen LogP contribution in [0.25, 0.3) is 0 Å². The zero-order valence-corrected chi connectivity index (χ0v) is 15.9. The molecule has 1 aliphatic rings. The van der Waals surface area contributed by atoms with Gasteiger partial charge in [0.05, 0.1) is 6.04 Å². The van der Waals surface area contributed by atoms with Gasteiger partial charge in [-0.2, -0.15) is 0 Å². The fourth-order valence-corrected chi connectivity index (χ4v) is 3.54. The van der Waals surface area contributed by atoms with Crippen molar-refractivity contribution in [3.8, 4) is 0 Å². The largest absolute Gasteiger partial charge is 0.338 e. The van der Waals surface area contributed by atoms with Crippen LogP contribution >= 0.6 is 0 Å². The molecule has 140 valence electrons. The standard InChI is InChI=1S/C24H22N2O2/c1-16-8-12-18(13-9-16)22-21(25-23(27)19-6-4-3-5-7-19)24(28)26(22)20-14-10-17(2)11-15-20/h3-15,21-22H,1-2H3,(H,25,27). The molecule has 1 aliphatic heterocycles. The summed E-state index contributed by atoms with van der Waals surface area (Å²) < 4.78 is 0. The van der Waals surface area contributed by atoms with Gasteiger partial charge in [-0.05, 0) is 43.7 Å². The second-order valence-corrected chi connectivity index (χ2v) is 7.22. The van der Waals surface area contributed by atoms with E-state index in [1.165, 1.54) is 0 Å². The molecule has 3 aromatic rings. The van der Waals surface area contributed by atoms with Crippen molar-refractivity contribution < 1.29 is 9.59 Å². The van der Waals surface area contributed by atoms with Gasteiger partial charge >= 0.3 is 0 Å². The number of carbonyl (C=O) groups excluding carboxylic acids is 2. The minimum absolute atomic E-state index is 0.0984. The van der Waals surface area contributed by atoms with Crippen LogP contribution in [0.5, 0.6) is 0 Å². The molecule has 1 heterocycles. The van der Waals surface area contributed by atoms with E-state index >= 15 is 0 Å². The summed E-state index contributed by atoms with van der Waals surface area (Å²) in [7, 11) is 0. The summed E-state index contributed by atoms with van der Waals surface area (Å²) in [6.07, 6.45) is 0. The second kappa shape index (κ2) is 7.31. The molecule has 1 N–H and O–H groups in total. The van der Waals surface area contributed by atoms with E-state index in [1.807, 2.05) is 80.6 Å². The summed E-state index contributed by atoms with van der Waals surface area (Å²) in [5, 5.41) is 2.93. The lowest BCUT2D eigenvalue weighted by molar-refractivity contribution is -0.127. The number of amides is 2. The van der Waals surface area contributed by atoms with E-state index in [-0.39, 0.29) is 17.9 Å². The van der Waals surface area contributed by atoms with E-state index in [0.717, 1.165) is 22.4 Å². The zero-order valence-electron chi connectivity index (χ0n) is 15.9. The number of benzene rings is 3. The number of nitrogens with zero attached hydrogens (tertiary/aromatic N) is 1. The van der Waals surface area contributed by atoms with E-state index in [2.05, 4.69) is 5.32 Å². The predicted octanol–water partition coefficient (Wildman–Crippen LogP) is 4.19. The van der Waals surface area contributed by atoms with E-state index in [0.29, 0.717) is 5.56 Å². The maximum absolute atomic E-state index is 13.0. The van der Waals surface area contributed by atoms with Crippen molar-refractivity contribution in [2.75, 3.05) is 4.90 Å². The van der Waals surface area contributed by atoms with Crippen molar-refractivity contribution in [2.45, 2.75) is 25.9 Å². The van der Waals surface area contributed by atoms with Crippen LogP contribution in [-0.4, -0.2) is 17.9 Å². The molecule has 4 heteroatoms. The number of hydrogen-bond acceptors (Lipinski definition) is 2.